The first-order chi connectivity index (χ1) is 12.2. The van der Waals surface area contributed by atoms with Gasteiger partial charge in [-0.15, -0.1) is 11.3 Å². The molecular formula is C18H13N5OS. The van der Waals surface area contributed by atoms with Crippen LogP contribution in [-0.2, 0) is 6.54 Å². The lowest BCUT2D eigenvalue weighted by molar-refractivity contribution is 0.653. The number of aryl methyl sites for hydroxylation is 1. The normalized spacial score (nSPS) is 11.1. The molecule has 0 N–H and O–H groups in total. The first-order valence-corrected chi connectivity index (χ1v) is 8.36. The van der Waals surface area contributed by atoms with E-state index in [4.69, 9.17) is 0 Å². The molecule has 2 heterocycles. The van der Waals surface area contributed by atoms with Gasteiger partial charge in [0, 0.05) is 12.7 Å². The number of benzene rings is 1. The summed E-state index contributed by atoms with van der Waals surface area (Å²) in [5, 5.41) is 22.7. The van der Waals surface area contributed by atoms with E-state index in [9.17, 15) is 15.3 Å². The monoisotopic (exact) mass is 347 g/mol. The molecule has 122 valence electrons. The van der Waals surface area contributed by atoms with Crippen LogP contribution < -0.4 is 14.8 Å². The summed E-state index contributed by atoms with van der Waals surface area (Å²) in [6.07, 6.45) is 3.40. The Hall–Kier alpha value is -3.42. The van der Waals surface area contributed by atoms with Gasteiger partial charge in [-0.25, -0.2) is 0 Å². The van der Waals surface area contributed by atoms with Crippen LogP contribution in [0, 0.1) is 22.7 Å². The van der Waals surface area contributed by atoms with Crippen LogP contribution >= 0.6 is 11.3 Å². The van der Waals surface area contributed by atoms with Gasteiger partial charge in [0.05, 0.1) is 15.9 Å². The van der Waals surface area contributed by atoms with Gasteiger partial charge in [-0.3, -0.25) is 14.0 Å². The number of thiazole rings is 1. The molecule has 0 saturated heterocycles. The smallest absolute Gasteiger partial charge is 0.267 e. The molecule has 0 atom stereocenters. The van der Waals surface area contributed by atoms with E-state index in [0.29, 0.717) is 21.4 Å². The second-order valence-electron chi connectivity index (χ2n) is 5.06. The molecule has 7 heteroatoms. The number of nitrogens with zero attached hydrogens (tertiary/aromatic N) is 5. The molecular weight excluding hydrogens is 334 g/mol. The van der Waals surface area contributed by atoms with Crippen molar-refractivity contribution in [1.82, 2.24) is 14.3 Å². The zero-order valence-corrected chi connectivity index (χ0v) is 14.2. The maximum Gasteiger partial charge on any atom is 0.273 e. The number of aromatic nitrogens is 3. The lowest BCUT2D eigenvalue weighted by atomic mass is 10.3. The Morgan fingerprint density at radius 2 is 1.96 bits per heavy atom. The summed E-state index contributed by atoms with van der Waals surface area (Å²) >= 11 is 1.13. The van der Waals surface area contributed by atoms with Crippen molar-refractivity contribution in [3.05, 3.63) is 67.8 Å². The Kier molecular flexibility index (Phi) is 4.60. The maximum absolute atomic E-state index is 12.9. The summed E-state index contributed by atoms with van der Waals surface area (Å²) in [5.74, 6) is 0. The van der Waals surface area contributed by atoms with Gasteiger partial charge in [0.1, 0.15) is 16.8 Å². The third-order valence-corrected chi connectivity index (χ3v) is 4.70. The second kappa shape index (κ2) is 7.00. The van der Waals surface area contributed by atoms with Crippen molar-refractivity contribution in [2.24, 2.45) is 0 Å². The van der Waals surface area contributed by atoms with E-state index in [1.807, 2.05) is 31.2 Å². The lowest BCUT2D eigenvalue weighted by Crippen LogP contribution is -2.30. The van der Waals surface area contributed by atoms with Gasteiger partial charge < -0.3 is 0 Å². The van der Waals surface area contributed by atoms with Crippen LogP contribution in [0.3, 0.4) is 0 Å². The summed E-state index contributed by atoms with van der Waals surface area (Å²) < 4.78 is 3.95. The zero-order valence-electron chi connectivity index (χ0n) is 13.4. The molecule has 3 rings (SSSR count). The van der Waals surface area contributed by atoms with Crippen molar-refractivity contribution in [3.8, 4) is 17.8 Å². The van der Waals surface area contributed by atoms with Gasteiger partial charge in [-0.05, 0) is 31.2 Å². The number of hydrogen-bond donors (Lipinski definition) is 0. The summed E-state index contributed by atoms with van der Waals surface area (Å²) in [6, 6.07) is 14.5. The number of rotatable bonds is 3. The third kappa shape index (κ3) is 3.01. The van der Waals surface area contributed by atoms with E-state index in [-0.39, 0.29) is 11.1 Å². The molecule has 2 aromatic heterocycles. The molecule has 0 spiro atoms. The highest BCUT2D eigenvalue weighted by molar-refractivity contribution is 7.07. The highest BCUT2D eigenvalue weighted by atomic mass is 32.1. The van der Waals surface area contributed by atoms with Crippen molar-refractivity contribution in [2.75, 3.05) is 0 Å². The fourth-order valence-corrected chi connectivity index (χ4v) is 3.49. The first-order valence-electron chi connectivity index (χ1n) is 7.55. The Bertz CT molecular complexity index is 1150. The second-order valence-corrected chi connectivity index (χ2v) is 6.09. The number of para-hydroxylation sites is 1. The molecule has 0 radical (unpaired) electrons. The van der Waals surface area contributed by atoms with E-state index in [1.54, 1.807) is 41.2 Å². The van der Waals surface area contributed by atoms with Crippen molar-refractivity contribution < 1.29 is 0 Å². The fraction of sp³-hybridized carbons (Fsp3) is 0.111. The molecule has 1 aromatic carbocycles. The van der Waals surface area contributed by atoms with Crippen molar-refractivity contribution in [3.63, 3.8) is 0 Å². The van der Waals surface area contributed by atoms with E-state index in [1.165, 1.54) is 4.57 Å². The molecule has 0 amide bonds. The summed E-state index contributed by atoms with van der Waals surface area (Å²) in [4.78, 5) is 12.9. The Labute approximate surface area is 147 Å². The first kappa shape index (κ1) is 16.4. The molecule has 25 heavy (non-hydrogen) atoms. The quantitative estimate of drug-likeness (QED) is 0.711. The standard InChI is InChI=1S/C18H13N5OS/c1-2-22-15(8-9-21-22)10-16-17(24)23(14-6-4-3-5-7-14)18(25-16)13(11-19)12-20/h3-10H,2H2,1H3/b16-10+. The van der Waals surface area contributed by atoms with Gasteiger partial charge in [-0.1, -0.05) is 18.2 Å². The maximum atomic E-state index is 12.9. The highest BCUT2D eigenvalue weighted by Crippen LogP contribution is 2.04. The van der Waals surface area contributed by atoms with Gasteiger partial charge in [0.15, 0.2) is 5.57 Å². The predicted molar refractivity (Wildman–Crippen MR) is 95.3 cm³/mol. The van der Waals surface area contributed by atoms with Crippen LogP contribution in [0.15, 0.2) is 47.4 Å². The molecule has 0 aliphatic rings. The molecule has 3 aromatic rings. The van der Waals surface area contributed by atoms with Gasteiger partial charge in [0.25, 0.3) is 5.56 Å². The van der Waals surface area contributed by atoms with Crippen LogP contribution in [0.1, 0.15) is 12.6 Å². The van der Waals surface area contributed by atoms with Crippen LogP contribution in [0.2, 0.25) is 0 Å². The number of nitriles is 2. The van der Waals surface area contributed by atoms with E-state index >= 15 is 0 Å². The van der Waals surface area contributed by atoms with Crippen molar-refractivity contribution in [1.29, 1.82) is 10.5 Å². The Morgan fingerprint density at radius 1 is 1.24 bits per heavy atom. The van der Waals surface area contributed by atoms with Crippen LogP contribution in [0.25, 0.3) is 17.3 Å². The average Bonchev–Trinajstić information content (AvgIpc) is 3.22. The topological polar surface area (TPSA) is 87.4 Å². The van der Waals surface area contributed by atoms with Crippen molar-refractivity contribution >= 4 is 23.0 Å². The Balaban J connectivity index is 2.40. The van der Waals surface area contributed by atoms with Gasteiger partial charge >= 0.3 is 0 Å². The van der Waals surface area contributed by atoms with Crippen LogP contribution in [0.4, 0.5) is 0 Å². The van der Waals surface area contributed by atoms with Gasteiger partial charge in [-0.2, -0.15) is 15.6 Å². The summed E-state index contributed by atoms with van der Waals surface area (Å²) in [6.45, 7) is 2.64. The largest absolute Gasteiger partial charge is 0.273 e. The minimum atomic E-state index is -0.266. The van der Waals surface area contributed by atoms with E-state index in [0.717, 1.165) is 17.0 Å². The summed E-state index contributed by atoms with van der Waals surface area (Å²) in [7, 11) is 0. The molecule has 0 fully saturated rings. The highest BCUT2D eigenvalue weighted by Gasteiger charge is 2.11. The molecule has 0 unspecified atom stereocenters. The zero-order chi connectivity index (χ0) is 17.8. The SMILES string of the molecule is CCn1nccc1/C=c1/sc(=C(C#N)C#N)n(-c2ccccc2)c1=O. The molecule has 0 bridgehead atoms. The third-order valence-electron chi connectivity index (χ3n) is 3.60. The van der Waals surface area contributed by atoms with Crippen LogP contribution in [-0.4, -0.2) is 14.3 Å². The Morgan fingerprint density at radius 3 is 2.60 bits per heavy atom. The van der Waals surface area contributed by atoms with Crippen molar-refractivity contribution in [2.45, 2.75) is 13.5 Å². The van der Waals surface area contributed by atoms with E-state index < -0.39 is 0 Å². The minimum Gasteiger partial charge on any atom is -0.267 e. The van der Waals surface area contributed by atoms with E-state index in [2.05, 4.69) is 5.10 Å². The average molecular weight is 347 g/mol. The van der Waals surface area contributed by atoms with Gasteiger partial charge in [0.2, 0.25) is 0 Å². The minimum absolute atomic E-state index is 0.0883. The van der Waals surface area contributed by atoms with Crippen LogP contribution in [0.5, 0.6) is 0 Å². The summed E-state index contributed by atoms with van der Waals surface area (Å²) in [5.41, 5.74) is 1.06. The fourth-order valence-electron chi connectivity index (χ4n) is 2.45. The number of hydrogen-bond acceptors (Lipinski definition) is 5. The molecule has 0 aliphatic heterocycles. The molecule has 6 nitrogen and oxygen atoms in total. The molecule has 0 saturated carbocycles. The molecule has 0 aliphatic carbocycles. The predicted octanol–water partition coefficient (Wildman–Crippen LogP) is 1.14. The lowest BCUT2D eigenvalue weighted by Gasteiger charge is -2.00.